The number of rotatable bonds is 2. The quantitative estimate of drug-likeness (QED) is 0.875. The third kappa shape index (κ3) is 2.88. The number of nitrogens with one attached hydrogen (secondary N) is 1. The Hall–Kier alpha value is -1.42. The van der Waals surface area contributed by atoms with Crippen molar-refractivity contribution < 1.29 is 9.18 Å². The average Bonchev–Trinajstić information content (AvgIpc) is 2.34. The normalized spacial score (nSPS) is 24.8. The highest BCUT2D eigenvalue weighted by atomic mass is 19.1. The van der Waals surface area contributed by atoms with Crippen molar-refractivity contribution >= 4 is 5.91 Å². The summed E-state index contributed by atoms with van der Waals surface area (Å²) in [6, 6.07) is 6.31. The van der Waals surface area contributed by atoms with E-state index >= 15 is 0 Å². The van der Waals surface area contributed by atoms with E-state index in [1.54, 1.807) is 0 Å². The molecule has 0 aliphatic carbocycles. The second-order valence-electron chi connectivity index (χ2n) is 4.98. The molecule has 1 aromatic rings. The maximum atomic E-state index is 12.8. The molecule has 1 N–H and O–H groups in total. The lowest BCUT2D eigenvalue weighted by Crippen LogP contribution is -2.54. The molecule has 3 nitrogen and oxygen atoms in total. The number of halogens is 1. The zero-order chi connectivity index (χ0) is 13.1. The van der Waals surface area contributed by atoms with Crippen LogP contribution in [0.4, 0.5) is 4.39 Å². The summed E-state index contributed by atoms with van der Waals surface area (Å²) in [6.45, 7) is 4.22. The number of hydrogen-bond acceptors (Lipinski definition) is 2. The molecule has 1 fully saturated rings. The molecule has 0 aromatic heterocycles. The number of nitrogens with zero attached hydrogens (tertiary/aromatic N) is 1. The molecule has 0 radical (unpaired) electrons. The summed E-state index contributed by atoms with van der Waals surface area (Å²) in [5, 5.41) is 2.01. The van der Waals surface area contributed by atoms with Crippen molar-refractivity contribution in [2.45, 2.75) is 45.2 Å². The highest BCUT2D eigenvalue weighted by molar-refractivity contribution is 5.93. The summed E-state index contributed by atoms with van der Waals surface area (Å²) in [5.41, 5.74) is 3.41. The number of benzene rings is 1. The van der Waals surface area contributed by atoms with Crippen LogP contribution in [0.2, 0.25) is 0 Å². The van der Waals surface area contributed by atoms with Crippen molar-refractivity contribution in [2.75, 3.05) is 0 Å². The highest BCUT2D eigenvalue weighted by Gasteiger charge is 2.26. The molecule has 98 valence electrons. The first-order valence-electron chi connectivity index (χ1n) is 6.43. The molecular weight excluding hydrogens is 231 g/mol. The molecule has 0 saturated carbocycles. The van der Waals surface area contributed by atoms with Gasteiger partial charge in [-0.15, -0.1) is 0 Å². The molecule has 1 heterocycles. The van der Waals surface area contributed by atoms with Gasteiger partial charge >= 0.3 is 0 Å². The Morgan fingerprint density at radius 3 is 2.33 bits per heavy atom. The molecule has 1 aliphatic rings. The minimum absolute atomic E-state index is 0.171. The van der Waals surface area contributed by atoms with E-state index in [4.69, 9.17) is 0 Å². The van der Waals surface area contributed by atoms with E-state index in [1.807, 2.05) is 5.01 Å². The van der Waals surface area contributed by atoms with Gasteiger partial charge in [-0.1, -0.05) is 6.42 Å². The number of hydrogen-bond donors (Lipinski definition) is 1. The van der Waals surface area contributed by atoms with Crippen molar-refractivity contribution in [3.63, 3.8) is 0 Å². The summed E-state index contributed by atoms with van der Waals surface area (Å²) >= 11 is 0. The van der Waals surface area contributed by atoms with Gasteiger partial charge in [-0.25, -0.2) is 9.40 Å². The predicted octanol–water partition coefficient (Wildman–Crippen LogP) is 2.73. The summed E-state index contributed by atoms with van der Waals surface area (Å²) in [4.78, 5) is 12.0. The SMILES string of the molecule is CC1CCCC(C)N1NC(=O)c1ccc(F)cc1. The predicted molar refractivity (Wildman–Crippen MR) is 68.5 cm³/mol. The van der Waals surface area contributed by atoms with Crippen molar-refractivity contribution in [3.8, 4) is 0 Å². The number of hydrazine groups is 1. The number of carbonyl (C=O) groups is 1. The van der Waals surface area contributed by atoms with Crippen LogP contribution in [0.3, 0.4) is 0 Å². The van der Waals surface area contributed by atoms with Gasteiger partial charge in [0.25, 0.3) is 5.91 Å². The fourth-order valence-corrected chi connectivity index (χ4v) is 2.42. The van der Waals surface area contributed by atoms with Crippen molar-refractivity contribution in [2.24, 2.45) is 0 Å². The van der Waals surface area contributed by atoms with Crippen LogP contribution in [0.1, 0.15) is 43.5 Å². The van der Waals surface area contributed by atoms with Gasteiger partial charge in [0.15, 0.2) is 0 Å². The molecule has 1 aliphatic heterocycles. The van der Waals surface area contributed by atoms with Gasteiger partial charge in [-0.05, 0) is 51.0 Å². The lowest BCUT2D eigenvalue weighted by atomic mass is 10.00. The second-order valence-corrected chi connectivity index (χ2v) is 4.98. The Morgan fingerprint density at radius 2 is 1.78 bits per heavy atom. The van der Waals surface area contributed by atoms with Gasteiger partial charge in [0, 0.05) is 17.6 Å². The Kier molecular flexibility index (Phi) is 3.97. The molecule has 4 heteroatoms. The molecule has 0 spiro atoms. The van der Waals surface area contributed by atoms with Crippen LogP contribution < -0.4 is 5.43 Å². The fraction of sp³-hybridized carbons (Fsp3) is 0.500. The topological polar surface area (TPSA) is 32.3 Å². The Bertz CT molecular complexity index is 408. The van der Waals surface area contributed by atoms with E-state index in [0.29, 0.717) is 17.6 Å². The zero-order valence-electron chi connectivity index (χ0n) is 10.8. The minimum atomic E-state index is -0.328. The van der Waals surface area contributed by atoms with Gasteiger partial charge in [0.05, 0.1) is 0 Å². The molecule has 0 bridgehead atoms. The third-order valence-corrected chi connectivity index (χ3v) is 3.53. The van der Waals surface area contributed by atoms with E-state index in [1.165, 1.54) is 30.7 Å². The molecule has 18 heavy (non-hydrogen) atoms. The first-order chi connectivity index (χ1) is 8.58. The molecule has 2 atom stereocenters. The van der Waals surface area contributed by atoms with Gasteiger partial charge in [-0.2, -0.15) is 0 Å². The third-order valence-electron chi connectivity index (χ3n) is 3.53. The highest BCUT2D eigenvalue weighted by Crippen LogP contribution is 2.20. The van der Waals surface area contributed by atoms with Crippen LogP contribution in [-0.4, -0.2) is 23.0 Å². The number of carbonyl (C=O) groups excluding carboxylic acids is 1. The van der Waals surface area contributed by atoms with Crippen LogP contribution >= 0.6 is 0 Å². The lowest BCUT2D eigenvalue weighted by Gasteiger charge is -2.38. The van der Waals surface area contributed by atoms with Crippen LogP contribution in [0.15, 0.2) is 24.3 Å². The molecule has 1 aromatic carbocycles. The van der Waals surface area contributed by atoms with E-state index in [9.17, 15) is 9.18 Å². The van der Waals surface area contributed by atoms with Crippen molar-refractivity contribution in [1.82, 2.24) is 10.4 Å². The van der Waals surface area contributed by atoms with Gasteiger partial charge in [0.1, 0.15) is 5.82 Å². The average molecular weight is 250 g/mol. The van der Waals surface area contributed by atoms with Gasteiger partial charge in [-0.3, -0.25) is 10.2 Å². The maximum absolute atomic E-state index is 12.8. The Labute approximate surface area is 107 Å². The first kappa shape index (κ1) is 13.0. The van der Waals surface area contributed by atoms with Crippen LogP contribution in [-0.2, 0) is 0 Å². The van der Waals surface area contributed by atoms with E-state index in [-0.39, 0.29) is 11.7 Å². The van der Waals surface area contributed by atoms with Gasteiger partial charge < -0.3 is 0 Å². The first-order valence-corrected chi connectivity index (χ1v) is 6.43. The van der Waals surface area contributed by atoms with Crippen molar-refractivity contribution in [3.05, 3.63) is 35.6 Å². The van der Waals surface area contributed by atoms with E-state index in [2.05, 4.69) is 19.3 Å². The summed E-state index contributed by atoms with van der Waals surface area (Å²) in [6.07, 6.45) is 3.38. The van der Waals surface area contributed by atoms with Crippen molar-refractivity contribution in [1.29, 1.82) is 0 Å². The van der Waals surface area contributed by atoms with Crippen LogP contribution in [0, 0.1) is 5.82 Å². The number of piperidine rings is 1. The van der Waals surface area contributed by atoms with E-state index < -0.39 is 0 Å². The minimum Gasteiger partial charge on any atom is -0.284 e. The summed E-state index contributed by atoms with van der Waals surface area (Å²) in [5.74, 6) is -0.498. The smallest absolute Gasteiger partial charge is 0.265 e. The van der Waals surface area contributed by atoms with E-state index in [0.717, 1.165) is 12.8 Å². The summed E-state index contributed by atoms with van der Waals surface area (Å²) < 4.78 is 12.8. The Balaban J connectivity index is 2.04. The van der Waals surface area contributed by atoms with Crippen LogP contribution in [0.5, 0.6) is 0 Å². The van der Waals surface area contributed by atoms with Gasteiger partial charge in [0.2, 0.25) is 0 Å². The van der Waals surface area contributed by atoms with Crippen LogP contribution in [0.25, 0.3) is 0 Å². The monoisotopic (exact) mass is 250 g/mol. The zero-order valence-corrected chi connectivity index (χ0v) is 10.8. The summed E-state index contributed by atoms with van der Waals surface area (Å²) in [7, 11) is 0. The second kappa shape index (κ2) is 5.48. The largest absolute Gasteiger partial charge is 0.284 e. The number of amides is 1. The fourth-order valence-electron chi connectivity index (χ4n) is 2.42. The standard InChI is InChI=1S/C14H19FN2O/c1-10-4-3-5-11(2)17(10)16-14(18)12-6-8-13(15)9-7-12/h6-11H,3-5H2,1-2H3,(H,16,18). The lowest BCUT2D eigenvalue weighted by molar-refractivity contribution is 0.0370. The molecule has 2 unspecified atom stereocenters. The Morgan fingerprint density at radius 1 is 1.22 bits per heavy atom. The maximum Gasteiger partial charge on any atom is 0.265 e. The molecule has 1 amide bonds. The molecular formula is C14H19FN2O. The molecule has 1 saturated heterocycles. The molecule has 2 rings (SSSR count).